The van der Waals surface area contributed by atoms with E-state index in [0.29, 0.717) is 0 Å². The first kappa shape index (κ1) is 17.8. The minimum absolute atomic E-state index is 0.794. The Morgan fingerprint density at radius 2 is 1.76 bits per heavy atom. The van der Waals surface area contributed by atoms with Gasteiger partial charge in [-0.1, -0.05) is 30.3 Å². The summed E-state index contributed by atoms with van der Waals surface area (Å²) < 4.78 is 2.05. The standard InChI is InChI=1S/C23H24N6/c1-2-4-19(5-3-1)20-6-7-23-27-22(17-29(23)16-20)26-21-14-18(8-9-25-21)15-28-12-10-24-11-13-28/h1-9,14,16-17,24H,10-13,15H2,(H,25,26). The number of pyridine rings is 2. The van der Waals surface area contributed by atoms with Crippen LogP contribution in [0.4, 0.5) is 11.6 Å². The number of aromatic nitrogens is 3. The summed E-state index contributed by atoms with van der Waals surface area (Å²) in [5.74, 6) is 1.62. The van der Waals surface area contributed by atoms with Crippen molar-refractivity contribution in [1.29, 1.82) is 0 Å². The molecule has 1 saturated heterocycles. The number of rotatable bonds is 5. The van der Waals surface area contributed by atoms with Gasteiger partial charge in [0.15, 0.2) is 5.82 Å². The van der Waals surface area contributed by atoms with E-state index in [4.69, 9.17) is 0 Å². The molecule has 1 aliphatic heterocycles. The van der Waals surface area contributed by atoms with Crippen molar-refractivity contribution in [2.24, 2.45) is 0 Å². The first-order chi connectivity index (χ1) is 14.3. The number of nitrogens with one attached hydrogen (secondary N) is 2. The number of benzene rings is 1. The highest BCUT2D eigenvalue weighted by Crippen LogP contribution is 2.22. The Bertz CT molecular complexity index is 1100. The molecule has 5 rings (SSSR count). The van der Waals surface area contributed by atoms with Gasteiger partial charge in [-0.05, 0) is 41.0 Å². The van der Waals surface area contributed by atoms with E-state index in [1.165, 1.54) is 11.1 Å². The molecule has 4 heterocycles. The fourth-order valence-corrected chi connectivity index (χ4v) is 3.75. The molecule has 0 aliphatic carbocycles. The summed E-state index contributed by atoms with van der Waals surface area (Å²) >= 11 is 0. The third kappa shape index (κ3) is 4.13. The molecule has 2 N–H and O–H groups in total. The van der Waals surface area contributed by atoms with E-state index in [-0.39, 0.29) is 0 Å². The topological polar surface area (TPSA) is 57.5 Å². The highest BCUT2D eigenvalue weighted by atomic mass is 15.2. The van der Waals surface area contributed by atoms with Crippen molar-refractivity contribution in [2.45, 2.75) is 6.54 Å². The molecule has 3 aromatic heterocycles. The maximum absolute atomic E-state index is 4.68. The highest BCUT2D eigenvalue weighted by molar-refractivity contribution is 5.66. The average molecular weight is 384 g/mol. The Kier molecular flexibility index (Phi) is 4.94. The quantitative estimate of drug-likeness (QED) is 0.551. The fraction of sp³-hybridized carbons (Fsp3) is 0.217. The molecule has 0 atom stereocenters. The zero-order valence-electron chi connectivity index (χ0n) is 16.3. The number of piperazine rings is 1. The van der Waals surface area contributed by atoms with Gasteiger partial charge >= 0.3 is 0 Å². The van der Waals surface area contributed by atoms with Gasteiger partial charge in [-0.15, -0.1) is 0 Å². The number of nitrogens with zero attached hydrogens (tertiary/aromatic N) is 4. The lowest BCUT2D eigenvalue weighted by Gasteiger charge is -2.27. The van der Waals surface area contributed by atoms with E-state index in [0.717, 1.165) is 55.6 Å². The van der Waals surface area contributed by atoms with Gasteiger partial charge in [0.25, 0.3) is 0 Å². The van der Waals surface area contributed by atoms with Gasteiger partial charge in [0.2, 0.25) is 0 Å². The number of hydrogen-bond acceptors (Lipinski definition) is 5. The van der Waals surface area contributed by atoms with Crippen LogP contribution < -0.4 is 10.6 Å². The summed E-state index contributed by atoms with van der Waals surface area (Å²) in [4.78, 5) is 11.6. The second-order valence-corrected chi connectivity index (χ2v) is 7.38. The minimum atomic E-state index is 0.794. The molecule has 0 amide bonds. The van der Waals surface area contributed by atoms with Gasteiger partial charge in [0.1, 0.15) is 11.5 Å². The summed E-state index contributed by atoms with van der Waals surface area (Å²) in [7, 11) is 0. The zero-order chi connectivity index (χ0) is 19.5. The Hall–Kier alpha value is -3.22. The molecule has 1 fully saturated rings. The molecule has 1 aliphatic rings. The Morgan fingerprint density at radius 1 is 0.897 bits per heavy atom. The summed E-state index contributed by atoms with van der Waals surface area (Å²) in [5, 5.41) is 6.75. The van der Waals surface area contributed by atoms with Crippen LogP contribution in [0.25, 0.3) is 16.8 Å². The van der Waals surface area contributed by atoms with Crippen LogP contribution in [0, 0.1) is 0 Å². The molecule has 0 spiro atoms. The van der Waals surface area contributed by atoms with Crippen molar-refractivity contribution in [3.8, 4) is 11.1 Å². The molecule has 0 radical (unpaired) electrons. The highest BCUT2D eigenvalue weighted by Gasteiger charge is 2.11. The van der Waals surface area contributed by atoms with Crippen molar-refractivity contribution < 1.29 is 0 Å². The molecule has 29 heavy (non-hydrogen) atoms. The lowest BCUT2D eigenvalue weighted by atomic mass is 10.1. The van der Waals surface area contributed by atoms with E-state index in [9.17, 15) is 0 Å². The predicted octanol–water partition coefficient (Wildman–Crippen LogP) is 3.55. The lowest BCUT2D eigenvalue weighted by Crippen LogP contribution is -2.42. The van der Waals surface area contributed by atoms with Gasteiger partial charge in [-0.2, -0.15) is 0 Å². The Labute approximate surface area is 170 Å². The van der Waals surface area contributed by atoms with Crippen LogP contribution in [0.2, 0.25) is 0 Å². The van der Waals surface area contributed by atoms with E-state index < -0.39 is 0 Å². The molecule has 0 bridgehead atoms. The molecular formula is C23H24N6. The van der Waals surface area contributed by atoms with Gasteiger partial charge in [0, 0.05) is 45.1 Å². The zero-order valence-corrected chi connectivity index (χ0v) is 16.3. The molecule has 4 aromatic rings. The van der Waals surface area contributed by atoms with E-state index in [1.54, 1.807) is 0 Å². The third-order valence-corrected chi connectivity index (χ3v) is 5.25. The van der Waals surface area contributed by atoms with E-state index in [2.05, 4.69) is 78.6 Å². The average Bonchev–Trinajstić information content (AvgIpc) is 3.17. The van der Waals surface area contributed by atoms with E-state index in [1.807, 2.05) is 24.5 Å². The number of fused-ring (bicyclic) bond motifs is 1. The summed E-state index contributed by atoms with van der Waals surface area (Å²) in [6.07, 6.45) is 5.98. The fourth-order valence-electron chi connectivity index (χ4n) is 3.75. The molecule has 0 saturated carbocycles. The Morgan fingerprint density at radius 3 is 2.62 bits per heavy atom. The summed E-state index contributed by atoms with van der Waals surface area (Å²) in [6.45, 7) is 5.23. The van der Waals surface area contributed by atoms with E-state index >= 15 is 0 Å². The van der Waals surface area contributed by atoms with Gasteiger partial charge in [0.05, 0.1) is 6.20 Å². The predicted molar refractivity (Wildman–Crippen MR) is 116 cm³/mol. The molecule has 0 unspecified atom stereocenters. The van der Waals surface area contributed by atoms with Crippen molar-refractivity contribution in [2.75, 3.05) is 31.5 Å². The first-order valence-corrected chi connectivity index (χ1v) is 10.0. The van der Waals surface area contributed by atoms with Crippen LogP contribution in [0.3, 0.4) is 0 Å². The van der Waals surface area contributed by atoms with Gasteiger partial charge < -0.3 is 15.0 Å². The second kappa shape index (κ2) is 8.03. The largest absolute Gasteiger partial charge is 0.324 e. The lowest BCUT2D eigenvalue weighted by molar-refractivity contribution is 0.233. The maximum Gasteiger partial charge on any atom is 0.150 e. The number of anilines is 2. The van der Waals surface area contributed by atoms with Crippen molar-refractivity contribution in [1.82, 2.24) is 24.6 Å². The van der Waals surface area contributed by atoms with Crippen LogP contribution in [0.1, 0.15) is 5.56 Å². The Balaban J connectivity index is 1.34. The molecule has 6 nitrogen and oxygen atoms in total. The van der Waals surface area contributed by atoms with Crippen molar-refractivity contribution >= 4 is 17.3 Å². The summed E-state index contributed by atoms with van der Waals surface area (Å²) in [5.41, 5.74) is 4.53. The van der Waals surface area contributed by atoms with Crippen molar-refractivity contribution in [3.05, 3.63) is 78.8 Å². The second-order valence-electron chi connectivity index (χ2n) is 7.38. The van der Waals surface area contributed by atoms with Crippen LogP contribution in [0.15, 0.2) is 73.2 Å². The van der Waals surface area contributed by atoms with Crippen LogP contribution in [0.5, 0.6) is 0 Å². The normalized spacial score (nSPS) is 14.9. The maximum atomic E-state index is 4.68. The number of imidazole rings is 1. The molecule has 6 heteroatoms. The SMILES string of the molecule is c1ccc(-c2ccc3nc(Nc4cc(CN5CCNCC5)ccn4)cn3c2)cc1. The summed E-state index contributed by atoms with van der Waals surface area (Å²) in [6, 6.07) is 18.7. The minimum Gasteiger partial charge on any atom is -0.324 e. The third-order valence-electron chi connectivity index (χ3n) is 5.25. The van der Waals surface area contributed by atoms with Crippen LogP contribution in [-0.2, 0) is 6.54 Å². The smallest absolute Gasteiger partial charge is 0.150 e. The number of hydrogen-bond donors (Lipinski definition) is 2. The van der Waals surface area contributed by atoms with Gasteiger partial charge in [-0.3, -0.25) is 4.90 Å². The van der Waals surface area contributed by atoms with Crippen LogP contribution >= 0.6 is 0 Å². The molecular weight excluding hydrogens is 360 g/mol. The van der Waals surface area contributed by atoms with Crippen LogP contribution in [-0.4, -0.2) is 45.4 Å². The monoisotopic (exact) mass is 384 g/mol. The molecule has 146 valence electrons. The van der Waals surface area contributed by atoms with Crippen molar-refractivity contribution in [3.63, 3.8) is 0 Å². The molecule has 1 aromatic carbocycles. The van der Waals surface area contributed by atoms with Gasteiger partial charge in [-0.25, -0.2) is 9.97 Å². The first-order valence-electron chi connectivity index (χ1n) is 10.0.